The van der Waals surface area contributed by atoms with Crippen LogP contribution in [0.25, 0.3) is 11.3 Å². The molecular formula is C16H12F2N2S. The van der Waals surface area contributed by atoms with Crippen LogP contribution in [0.4, 0.5) is 14.5 Å². The summed E-state index contributed by atoms with van der Waals surface area (Å²) in [6.45, 7) is 0. The van der Waals surface area contributed by atoms with E-state index in [-0.39, 0.29) is 0 Å². The number of thiazole rings is 1. The molecule has 3 rings (SSSR count). The summed E-state index contributed by atoms with van der Waals surface area (Å²) in [5, 5.41) is 2.68. The van der Waals surface area contributed by atoms with Crippen LogP contribution in [-0.2, 0) is 6.42 Å². The topological polar surface area (TPSA) is 38.9 Å². The molecular weight excluding hydrogens is 290 g/mol. The highest BCUT2D eigenvalue weighted by Crippen LogP contribution is 2.25. The average molecular weight is 302 g/mol. The van der Waals surface area contributed by atoms with Crippen molar-refractivity contribution < 1.29 is 8.78 Å². The number of rotatable bonds is 3. The number of aromatic nitrogens is 1. The minimum absolute atomic E-state index is 0.346. The van der Waals surface area contributed by atoms with Gasteiger partial charge < -0.3 is 5.73 Å². The fourth-order valence-corrected chi connectivity index (χ4v) is 2.88. The van der Waals surface area contributed by atoms with Gasteiger partial charge in [0.05, 0.1) is 10.7 Å². The van der Waals surface area contributed by atoms with Gasteiger partial charge in [0, 0.05) is 29.1 Å². The Balaban J connectivity index is 1.85. The first-order chi connectivity index (χ1) is 10.1. The van der Waals surface area contributed by atoms with Gasteiger partial charge in [-0.1, -0.05) is 18.2 Å². The molecule has 3 aromatic rings. The molecule has 5 heteroatoms. The third-order valence-electron chi connectivity index (χ3n) is 3.09. The van der Waals surface area contributed by atoms with Gasteiger partial charge in [-0.05, 0) is 23.8 Å². The summed E-state index contributed by atoms with van der Waals surface area (Å²) in [5.41, 5.74) is 8.60. The number of halogens is 2. The minimum Gasteiger partial charge on any atom is -0.399 e. The van der Waals surface area contributed by atoms with Gasteiger partial charge in [0.15, 0.2) is 0 Å². The second-order valence-corrected chi connectivity index (χ2v) is 5.61. The summed E-state index contributed by atoms with van der Waals surface area (Å²) in [4.78, 5) is 4.48. The highest BCUT2D eigenvalue weighted by atomic mass is 32.1. The van der Waals surface area contributed by atoms with Crippen LogP contribution in [0.1, 0.15) is 10.6 Å². The normalized spacial score (nSPS) is 10.8. The van der Waals surface area contributed by atoms with E-state index in [2.05, 4.69) is 4.98 Å². The van der Waals surface area contributed by atoms with Crippen molar-refractivity contribution in [1.29, 1.82) is 0 Å². The zero-order valence-electron chi connectivity index (χ0n) is 11.0. The Kier molecular flexibility index (Phi) is 3.66. The molecule has 0 aliphatic heterocycles. The first-order valence-corrected chi connectivity index (χ1v) is 7.24. The lowest BCUT2D eigenvalue weighted by Gasteiger charge is -2.01. The molecule has 0 saturated heterocycles. The summed E-state index contributed by atoms with van der Waals surface area (Å²) in [6, 6.07) is 11.0. The van der Waals surface area contributed by atoms with E-state index in [1.165, 1.54) is 23.5 Å². The van der Waals surface area contributed by atoms with Crippen molar-refractivity contribution >= 4 is 17.0 Å². The number of anilines is 1. The van der Waals surface area contributed by atoms with Gasteiger partial charge in [-0.25, -0.2) is 13.8 Å². The lowest BCUT2D eigenvalue weighted by atomic mass is 10.1. The number of nitrogen functional groups attached to an aromatic ring is 1. The van der Waals surface area contributed by atoms with Gasteiger partial charge in [0.2, 0.25) is 0 Å². The van der Waals surface area contributed by atoms with Crippen LogP contribution in [0.2, 0.25) is 0 Å². The Morgan fingerprint density at radius 2 is 1.95 bits per heavy atom. The number of nitrogens with zero attached hydrogens (tertiary/aromatic N) is 1. The highest BCUT2D eigenvalue weighted by molar-refractivity contribution is 7.10. The van der Waals surface area contributed by atoms with Crippen LogP contribution >= 0.6 is 11.3 Å². The number of hydrogen-bond donors (Lipinski definition) is 1. The average Bonchev–Trinajstić information content (AvgIpc) is 2.91. The van der Waals surface area contributed by atoms with Crippen LogP contribution < -0.4 is 5.73 Å². The molecule has 0 amide bonds. The molecule has 1 heterocycles. The lowest BCUT2D eigenvalue weighted by molar-refractivity contribution is 0.574. The fourth-order valence-electron chi connectivity index (χ4n) is 2.05. The van der Waals surface area contributed by atoms with Gasteiger partial charge in [-0.3, -0.25) is 0 Å². The molecule has 2 aromatic carbocycles. The van der Waals surface area contributed by atoms with Crippen LogP contribution in [0.5, 0.6) is 0 Å². The van der Waals surface area contributed by atoms with E-state index in [9.17, 15) is 8.78 Å². The number of benzene rings is 2. The van der Waals surface area contributed by atoms with E-state index in [0.29, 0.717) is 17.7 Å². The molecule has 106 valence electrons. The Hall–Kier alpha value is -2.27. The second kappa shape index (κ2) is 5.61. The molecule has 0 fully saturated rings. The van der Waals surface area contributed by atoms with Crippen molar-refractivity contribution in [3.8, 4) is 11.3 Å². The predicted molar refractivity (Wildman–Crippen MR) is 81.1 cm³/mol. The number of hydrogen-bond acceptors (Lipinski definition) is 3. The first kappa shape index (κ1) is 13.7. The van der Waals surface area contributed by atoms with Gasteiger partial charge in [0.1, 0.15) is 11.6 Å². The van der Waals surface area contributed by atoms with Crippen LogP contribution in [0.15, 0.2) is 47.8 Å². The van der Waals surface area contributed by atoms with Gasteiger partial charge in [-0.15, -0.1) is 11.3 Å². The van der Waals surface area contributed by atoms with Gasteiger partial charge in [-0.2, -0.15) is 0 Å². The molecule has 2 nitrogen and oxygen atoms in total. The van der Waals surface area contributed by atoms with E-state index in [1.54, 1.807) is 0 Å². The van der Waals surface area contributed by atoms with Crippen molar-refractivity contribution in [3.63, 3.8) is 0 Å². The zero-order chi connectivity index (χ0) is 14.8. The van der Waals surface area contributed by atoms with E-state index >= 15 is 0 Å². The lowest BCUT2D eigenvalue weighted by Crippen LogP contribution is -1.93. The van der Waals surface area contributed by atoms with Crippen molar-refractivity contribution in [2.45, 2.75) is 6.42 Å². The highest BCUT2D eigenvalue weighted by Gasteiger charge is 2.09. The van der Waals surface area contributed by atoms with Crippen LogP contribution in [-0.4, -0.2) is 4.98 Å². The molecule has 21 heavy (non-hydrogen) atoms. The summed E-state index contributed by atoms with van der Waals surface area (Å²) in [5.74, 6) is -1.12. The SMILES string of the molecule is Nc1cccc(-c2csc(Cc3ccc(F)cc3F)n2)c1. The van der Waals surface area contributed by atoms with Crippen molar-refractivity contribution in [2.75, 3.05) is 5.73 Å². The maximum Gasteiger partial charge on any atom is 0.129 e. The molecule has 0 aliphatic rings. The summed E-state index contributed by atoms with van der Waals surface area (Å²) in [6.07, 6.45) is 0.346. The molecule has 0 bridgehead atoms. The van der Waals surface area contributed by atoms with Crippen LogP contribution in [0, 0.1) is 11.6 Å². The van der Waals surface area contributed by atoms with E-state index in [0.717, 1.165) is 22.3 Å². The fraction of sp³-hybridized carbons (Fsp3) is 0.0625. The Morgan fingerprint density at radius 3 is 2.71 bits per heavy atom. The Labute approximate surface area is 124 Å². The molecule has 0 radical (unpaired) electrons. The van der Waals surface area contributed by atoms with Gasteiger partial charge in [0.25, 0.3) is 0 Å². The molecule has 1 aromatic heterocycles. The van der Waals surface area contributed by atoms with Crippen LogP contribution in [0.3, 0.4) is 0 Å². The summed E-state index contributed by atoms with van der Waals surface area (Å²) >= 11 is 1.45. The largest absolute Gasteiger partial charge is 0.399 e. The molecule has 0 atom stereocenters. The maximum atomic E-state index is 13.6. The smallest absolute Gasteiger partial charge is 0.129 e. The third kappa shape index (κ3) is 3.08. The minimum atomic E-state index is -0.573. The summed E-state index contributed by atoms with van der Waals surface area (Å²) < 4.78 is 26.5. The molecule has 0 unspecified atom stereocenters. The van der Waals surface area contributed by atoms with Crippen molar-refractivity contribution in [3.05, 3.63) is 70.1 Å². The van der Waals surface area contributed by atoms with E-state index in [1.807, 2.05) is 29.6 Å². The van der Waals surface area contributed by atoms with E-state index < -0.39 is 11.6 Å². The summed E-state index contributed by atoms with van der Waals surface area (Å²) in [7, 11) is 0. The molecule has 0 saturated carbocycles. The predicted octanol–water partition coefficient (Wildman–Crippen LogP) is 4.26. The number of nitrogens with two attached hydrogens (primary N) is 1. The standard InChI is InChI=1S/C16H12F2N2S/c17-12-5-4-10(14(18)8-12)7-16-20-15(9-21-16)11-2-1-3-13(19)6-11/h1-6,8-9H,7,19H2. The maximum absolute atomic E-state index is 13.6. The van der Waals surface area contributed by atoms with E-state index in [4.69, 9.17) is 5.73 Å². The first-order valence-electron chi connectivity index (χ1n) is 6.36. The molecule has 0 spiro atoms. The zero-order valence-corrected chi connectivity index (χ0v) is 11.8. The molecule has 2 N–H and O–H groups in total. The Morgan fingerprint density at radius 1 is 1.10 bits per heavy atom. The van der Waals surface area contributed by atoms with Crippen molar-refractivity contribution in [2.24, 2.45) is 0 Å². The quantitative estimate of drug-likeness (QED) is 0.734. The van der Waals surface area contributed by atoms with Gasteiger partial charge >= 0.3 is 0 Å². The second-order valence-electron chi connectivity index (χ2n) is 4.66. The molecule has 0 aliphatic carbocycles. The monoisotopic (exact) mass is 302 g/mol. The van der Waals surface area contributed by atoms with Crippen molar-refractivity contribution in [1.82, 2.24) is 4.98 Å². The Bertz CT molecular complexity index is 783. The third-order valence-corrected chi connectivity index (χ3v) is 3.94.